The highest BCUT2D eigenvalue weighted by molar-refractivity contribution is 5.92. The monoisotopic (exact) mass is 265 g/mol. The first-order valence-electron chi connectivity index (χ1n) is 6.29. The van der Waals surface area contributed by atoms with Crippen LogP contribution < -0.4 is 10.1 Å². The molecule has 1 unspecified atom stereocenters. The molecule has 0 aromatic heterocycles. The zero-order chi connectivity index (χ0) is 14.3. The van der Waals surface area contributed by atoms with Crippen LogP contribution in [0, 0.1) is 0 Å². The molecule has 0 aliphatic carbocycles. The summed E-state index contributed by atoms with van der Waals surface area (Å²) in [5, 5.41) is 11.1. The number of hydrogen-bond acceptors (Lipinski definition) is 3. The third-order valence-electron chi connectivity index (χ3n) is 2.60. The number of ether oxygens (including phenoxy) is 1. The van der Waals surface area contributed by atoms with E-state index in [1.807, 2.05) is 19.9 Å². The van der Waals surface area contributed by atoms with Crippen molar-refractivity contribution in [3.63, 3.8) is 0 Å². The van der Waals surface area contributed by atoms with Crippen LogP contribution in [0.3, 0.4) is 0 Å². The lowest BCUT2D eigenvalue weighted by molar-refractivity contribution is -0.138. The Morgan fingerprint density at radius 3 is 2.74 bits per heavy atom. The summed E-state index contributed by atoms with van der Waals surface area (Å²) in [7, 11) is 0. The Bertz CT molecular complexity index is 445. The number of nitrogens with one attached hydrogen (secondary N) is 1. The van der Waals surface area contributed by atoms with Crippen molar-refractivity contribution < 1.29 is 19.4 Å². The Hall–Kier alpha value is -2.04. The lowest BCUT2D eigenvalue weighted by Crippen LogP contribution is -2.14. The van der Waals surface area contributed by atoms with Gasteiger partial charge < -0.3 is 15.2 Å². The maximum atomic E-state index is 11.5. The standard InChI is InChI=1S/C14H19NO4/c1-3-10(2)19-12-6-4-5-11(9-12)15-13(16)7-8-14(17)18/h4-6,9-10H,3,7-8H2,1-2H3,(H,15,16)(H,17,18). The predicted molar refractivity (Wildman–Crippen MR) is 72.3 cm³/mol. The third-order valence-corrected chi connectivity index (χ3v) is 2.60. The number of carboxylic acid groups (broad SMARTS) is 1. The second-order valence-electron chi connectivity index (χ2n) is 4.31. The van der Waals surface area contributed by atoms with Crippen molar-refractivity contribution in [3.05, 3.63) is 24.3 Å². The summed E-state index contributed by atoms with van der Waals surface area (Å²) in [6.45, 7) is 4.00. The van der Waals surface area contributed by atoms with Crippen LogP contribution >= 0.6 is 0 Å². The highest BCUT2D eigenvalue weighted by Crippen LogP contribution is 2.19. The number of anilines is 1. The van der Waals surface area contributed by atoms with E-state index in [0.29, 0.717) is 11.4 Å². The Balaban J connectivity index is 2.56. The smallest absolute Gasteiger partial charge is 0.303 e. The molecular formula is C14H19NO4. The number of carbonyl (C=O) groups is 2. The van der Waals surface area contributed by atoms with Gasteiger partial charge in [0.2, 0.25) is 5.91 Å². The minimum atomic E-state index is -0.982. The molecule has 1 rings (SSSR count). The van der Waals surface area contributed by atoms with Gasteiger partial charge in [-0.1, -0.05) is 13.0 Å². The molecule has 1 aromatic rings. The first kappa shape index (κ1) is 15.0. The Morgan fingerprint density at radius 2 is 2.11 bits per heavy atom. The van der Waals surface area contributed by atoms with Crippen LogP contribution in [0.15, 0.2) is 24.3 Å². The van der Waals surface area contributed by atoms with Gasteiger partial charge in [-0.25, -0.2) is 0 Å². The molecule has 0 radical (unpaired) electrons. The number of amides is 1. The zero-order valence-electron chi connectivity index (χ0n) is 11.2. The van der Waals surface area contributed by atoms with Crippen molar-refractivity contribution in [1.29, 1.82) is 0 Å². The Kier molecular flexibility index (Phi) is 5.85. The average molecular weight is 265 g/mol. The van der Waals surface area contributed by atoms with E-state index < -0.39 is 5.97 Å². The number of benzene rings is 1. The van der Waals surface area contributed by atoms with Crippen molar-refractivity contribution in [2.24, 2.45) is 0 Å². The highest BCUT2D eigenvalue weighted by atomic mass is 16.5. The fraction of sp³-hybridized carbons (Fsp3) is 0.429. The van der Waals surface area contributed by atoms with Crippen molar-refractivity contribution in [3.8, 4) is 5.75 Å². The first-order valence-corrected chi connectivity index (χ1v) is 6.29. The van der Waals surface area contributed by atoms with Gasteiger partial charge in [-0.3, -0.25) is 9.59 Å². The van der Waals surface area contributed by atoms with Gasteiger partial charge in [0.1, 0.15) is 5.75 Å². The van der Waals surface area contributed by atoms with Crippen LogP contribution in [0.4, 0.5) is 5.69 Å². The largest absolute Gasteiger partial charge is 0.491 e. The molecule has 5 heteroatoms. The fourth-order valence-electron chi connectivity index (χ4n) is 1.41. The molecular weight excluding hydrogens is 246 g/mol. The van der Waals surface area contributed by atoms with Crippen LogP contribution in [0.5, 0.6) is 5.75 Å². The third kappa shape index (κ3) is 5.90. The molecule has 0 fully saturated rings. The summed E-state index contributed by atoms with van der Waals surface area (Å²) >= 11 is 0. The van der Waals surface area contributed by atoms with Crippen molar-refractivity contribution in [1.82, 2.24) is 0 Å². The predicted octanol–water partition coefficient (Wildman–Crippen LogP) is 2.67. The Morgan fingerprint density at radius 1 is 1.37 bits per heavy atom. The van der Waals surface area contributed by atoms with Gasteiger partial charge in [-0.15, -0.1) is 0 Å². The van der Waals surface area contributed by atoms with Gasteiger partial charge >= 0.3 is 5.97 Å². The molecule has 2 N–H and O–H groups in total. The van der Waals surface area contributed by atoms with Crippen LogP contribution in [-0.2, 0) is 9.59 Å². The summed E-state index contributed by atoms with van der Waals surface area (Å²) in [4.78, 5) is 21.9. The van der Waals surface area contributed by atoms with E-state index in [4.69, 9.17) is 9.84 Å². The van der Waals surface area contributed by atoms with E-state index >= 15 is 0 Å². The minimum Gasteiger partial charge on any atom is -0.491 e. The van der Waals surface area contributed by atoms with Crippen LogP contribution in [-0.4, -0.2) is 23.1 Å². The van der Waals surface area contributed by atoms with Gasteiger partial charge in [-0.2, -0.15) is 0 Å². The number of rotatable bonds is 7. The molecule has 0 bridgehead atoms. The summed E-state index contributed by atoms with van der Waals surface area (Å²) in [5.74, 6) is -0.613. The molecule has 5 nitrogen and oxygen atoms in total. The molecule has 0 saturated heterocycles. The van der Waals surface area contributed by atoms with Crippen molar-refractivity contribution in [2.45, 2.75) is 39.2 Å². The summed E-state index contributed by atoms with van der Waals surface area (Å²) in [5.41, 5.74) is 0.608. The number of carboxylic acids is 1. The zero-order valence-corrected chi connectivity index (χ0v) is 11.2. The SMILES string of the molecule is CCC(C)Oc1cccc(NC(=O)CCC(=O)O)c1. The van der Waals surface area contributed by atoms with Crippen molar-refractivity contribution in [2.75, 3.05) is 5.32 Å². The summed E-state index contributed by atoms with van der Waals surface area (Å²) < 4.78 is 5.64. The summed E-state index contributed by atoms with van der Waals surface area (Å²) in [6.07, 6.45) is 0.800. The molecule has 1 atom stereocenters. The molecule has 1 amide bonds. The molecule has 1 aromatic carbocycles. The van der Waals surface area contributed by atoms with E-state index in [0.717, 1.165) is 6.42 Å². The molecule has 19 heavy (non-hydrogen) atoms. The molecule has 0 heterocycles. The fourth-order valence-corrected chi connectivity index (χ4v) is 1.41. The van der Waals surface area contributed by atoms with E-state index in [9.17, 15) is 9.59 Å². The first-order chi connectivity index (χ1) is 9.01. The van der Waals surface area contributed by atoms with E-state index in [1.54, 1.807) is 18.2 Å². The molecule has 0 saturated carbocycles. The number of hydrogen-bond donors (Lipinski definition) is 2. The van der Waals surface area contributed by atoms with Gasteiger partial charge in [0.05, 0.1) is 12.5 Å². The lowest BCUT2D eigenvalue weighted by atomic mass is 10.2. The quantitative estimate of drug-likeness (QED) is 0.794. The molecule has 0 aliphatic rings. The lowest BCUT2D eigenvalue weighted by Gasteiger charge is -2.13. The molecule has 0 spiro atoms. The highest BCUT2D eigenvalue weighted by Gasteiger charge is 2.07. The van der Waals surface area contributed by atoms with E-state index in [1.165, 1.54) is 0 Å². The Labute approximate surface area is 112 Å². The van der Waals surface area contributed by atoms with Gasteiger partial charge in [-0.05, 0) is 25.5 Å². The van der Waals surface area contributed by atoms with Gasteiger partial charge in [0.15, 0.2) is 0 Å². The number of aliphatic carboxylic acids is 1. The maximum Gasteiger partial charge on any atom is 0.303 e. The number of carbonyl (C=O) groups excluding carboxylic acids is 1. The normalized spacial score (nSPS) is 11.7. The minimum absolute atomic E-state index is 0.0359. The second kappa shape index (κ2) is 7.41. The molecule has 104 valence electrons. The van der Waals surface area contributed by atoms with E-state index in [2.05, 4.69) is 5.32 Å². The van der Waals surface area contributed by atoms with Gasteiger partial charge in [0, 0.05) is 18.2 Å². The average Bonchev–Trinajstić information content (AvgIpc) is 2.36. The van der Waals surface area contributed by atoms with Crippen molar-refractivity contribution >= 4 is 17.6 Å². The second-order valence-corrected chi connectivity index (χ2v) is 4.31. The van der Waals surface area contributed by atoms with Gasteiger partial charge in [0.25, 0.3) is 0 Å². The molecule has 0 aliphatic heterocycles. The van der Waals surface area contributed by atoms with E-state index in [-0.39, 0.29) is 24.9 Å². The maximum absolute atomic E-state index is 11.5. The topological polar surface area (TPSA) is 75.6 Å². The van der Waals surface area contributed by atoms with Crippen LogP contribution in [0.25, 0.3) is 0 Å². The summed E-state index contributed by atoms with van der Waals surface area (Å²) in [6, 6.07) is 7.07. The van der Waals surface area contributed by atoms with Crippen LogP contribution in [0.1, 0.15) is 33.1 Å². The van der Waals surface area contributed by atoms with Crippen LogP contribution in [0.2, 0.25) is 0 Å².